The normalized spacial score (nSPS) is 11.1. The zero-order valence-electron chi connectivity index (χ0n) is 24.8. The first-order chi connectivity index (χ1) is 21.4. The van der Waals surface area contributed by atoms with Crippen LogP contribution in [0.15, 0.2) is 121 Å². The Labute approximate surface area is 258 Å². The van der Waals surface area contributed by atoms with E-state index in [4.69, 9.17) is 19.7 Å². The fraction of sp³-hybridized carbons (Fsp3) is 0.105. The average Bonchev–Trinajstić information content (AvgIpc) is 3.04. The van der Waals surface area contributed by atoms with E-state index in [1.165, 1.54) is 5.56 Å². The molecule has 44 heavy (non-hydrogen) atoms. The van der Waals surface area contributed by atoms with Gasteiger partial charge in [-0.05, 0) is 82.6 Å². The summed E-state index contributed by atoms with van der Waals surface area (Å²) in [6.07, 6.45) is 15.3. The van der Waals surface area contributed by atoms with Crippen molar-refractivity contribution in [1.82, 2.24) is 0 Å². The highest BCUT2D eigenvalue weighted by atomic mass is 16.5. The SMILES string of the molecule is COc1ccc(/C=C/Cc2ccccc2/C=C/C(=O)O)cc1.COc1ccc(C/C=C/c2ccccc2/C=C/C(=O)O)cc1. The lowest BCUT2D eigenvalue weighted by molar-refractivity contribution is -0.132. The van der Waals surface area contributed by atoms with Gasteiger partial charge in [0.15, 0.2) is 0 Å². The van der Waals surface area contributed by atoms with E-state index in [1.807, 2.05) is 109 Å². The Morgan fingerprint density at radius 3 is 1.61 bits per heavy atom. The molecule has 6 heteroatoms. The third-order valence-corrected chi connectivity index (χ3v) is 6.44. The molecule has 4 aromatic carbocycles. The lowest BCUT2D eigenvalue weighted by Gasteiger charge is -2.03. The molecule has 6 nitrogen and oxygen atoms in total. The highest BCUT2D eigenvalue weighted by molar-refractivity contribution is 5.86. The summed E-state index contributed by atoms with van der Waals surface area (Å²) in [5, 5.41) is 17.4. The lowest BCUT2D eigenvalue weighted by Crippen LogP contribution is -1.89. The molecule has 0 aliphatic carbocycles. The van der Waals surface area contributed by atoms with Crippen LogP contribution in [0.1, 0.15) is 33.4 Å². The Kier molecular flexibility index (Phi) is 13.5. The molecule has 0 fully saturated rings. The van der Waals surface area contributed by atoms with E-state index >= 15 is 0 Å². The molecule has 0 unspecified atom stereocenters. The van der Waals surface area contributed by atoms with Gasteiger partial charge in [-0.2, -0.15) is 0 Å². The Morgan fingerprint density at radius 2 is 1.05 bits per heavy atom. The molecule has 0 heterocycles. The van der Waals surface area contributed by atoms with Gasteiger partial charge in [0.25, 0.3) is 0 Å². The highest BCUT2D eigenvalue weighted by Gasteiger charge is 1.99. The number of allylic oxidation sites excluding steroid dienone is 2. The largest absolute Gasteiger partial charge is 0.497 e. The molecule has 0 saturated heterocycles. The van der Waals surface area contributed by atoms with Crippen molar-refractivity contribution in [3.05, 3.63) is 155 Å². The first-order valence-corrected chi connectivity index (χ1v) is 14.0. The van der Waals surface area contributed by atoms with E-state index in [2.05, 4.69) is 12.2 Å². The summed E-state index contributed by atoms with van der Waals surface area (Å²) < 4.78 is 10.3. The third kappa shape index (κ3) is 11.7. The van der Waals surface area contributed by atoms with Crippen LogP contribution in [0.3, 0.4) is 0 Å². The molecule has 0 aliphatic heterocycles. The summed E-state index contributed by atoms with van der Waals surface area (Å²) in [5.41, 5.74) is 6.17. The first kappa shape index (κ1) is 32.9. The van der Waals surface area contributed by atoms with Gasteiger partial charge in [0.2, 0.25) is 0 Å². The molecular weight excluding hydrogens is 552 g/mol. The topological polar surface area (TPSA) is 93.1 Å². The first-order valence-electron chi connectivity index (χ1n) is 14.0. The number of methoxy groups -OCH3 is 2. The second-order valence-electron chi connectivity index (χ2n) is 9.51. The number of ether oxygens (including phenoxy) is 2. The van der Waals surface area contributed by atoms with Crippen LogP contribution in [-0.2, 0) is 22.4 Å². The molecule has 4 rings (SSSR count). The van der Waals surface area contributed by atoms with Crippen molar-refractivity contribution in [2.75, 3.05) is 14.2 Å². The summed E-state index contributed by atoms with van der Waals surface area (Å²) in [6.45, 7) is 0. The standard InChI is InChI=1S/2C19H18O3/c2*1-22-18-12-9-15(10-13-18)5-4-8-16-6-2-3-7-17(16)11-14-19(20)21/h2-4,6-14H,5H2,1H3,(H,20,21);2-7,9-14H,8H2,1H3,(H,20,21)/b8-4+,14-11+;5-4+,14-11+. The van der Waals surface area contributed by atoms with Crippen LogP contribution in [0.2, 0.25) is 0 Å². The van der Waals surface area contributed by atoms with Crippen molar-refractivity contribution in [3.8, 4) is 11.5 Å². The fourth-order valence-electron chi connectivity index (χ4n) is 4.14. The predicted octanol–water partition coefficient (Wildman–Crippen LogP) is 8.10. The van der Waals surface area contributed by atoms with Gasteiger partial charge in [-0.15, -0.1) is 0 Å². The molecule has 0 amide bonds. The van der Waals surface area contributed by atoms with Crippen molar-refractivity contribution >= 4 is 36.2 Å². The molecule has 0 spiro atoms. The lowest BCUT2D eigenvalue weighted by atomic mass is 10.0. The number of carbonyl (C=O) groups is 2. The van der Waals surface area contributed by atoms with Gasteiger partial charge in [0, 0.05) is 12.2 Å². The second-order valence-corrected chi connectivity index (χ2v) is 9.51. The quantitative estimate of drug-likeness (QED) is 0.163. The minimum absolute atomic E-state index is 0.742. The van der Waals surface area contributed by atoms with Crippen LogP contribution in [0.25, 0.3) is 24.3 Å². The number of rotatable bonds is 12. The monoisotopic (exact) mass is 588 g/mol. The summed E-state index contributed by atoms with van der Waals surface area (Å²) in [5.74, 6) is -0.209. The zero-order valence-corrected chi connectivity index (χ0v) is 24.8. The summed E-state index contributed by atoms with van der Waals surface area (Å²) in [4.78, 5) is 21.2. The average molecular weight is 589 g/mol. The Morgan fingerprint density at radius 1 is 0.568 bits per heavy atom. The van der Waals surface area contributed by atoms with Crippen molar-refractivity contribution in [2.24, 2.45) is 0 Å². The molecule has 0 atom stereocenters. The van der Waals surface area contributed by atoms with Crippen LogP contribution in [0.4, 0.5) is 0 Å². The minimum Gasteiger partial charge on any atom is -0.497 e. The van der Waals surface area contributed by atoms with Gasteiger partial charge in [-0.3, -0.25) is 0 Å². The van der Waals surface area contributed by atoms with Gasteiger partial charge in [-0.1, -0.05) is 97.1 Å². The van der Waals surface area contributed by atoms with Crippen LogP contribution in [0, 0.1) is 0 Å². The fourth-order valence-corrected chi connectivity index (χ4v) is 4.14. The number of hydrogen-bond donors (Lipinski definition) is 2. The van der Waals surface area contributed by atoms with E-state index in [0.717, 1.165) is 64.3 Å². The van der Waals surface area contributed by atoms with Gasteiger partial charge in [0.1, 0.15) is 11.5 Å². The summed E-state index contributed by atoms with van der Waals surface area (Å²) in [7, 11) is 3.29. The highest BCUT2D eigenvalue weighted by Crippen LogP contribution is 2.17. The maximum Gasteiger partial charge on any atom is 0.328 e. The third-order valence-electron chi connectivity index (χ3n) is 6.44. The molecule has 0 aromatic heterocycles. The van der Waals surface area contributed by atoms with E-state index < -0.39 is 11.9 Å². The number of aliphatic carboxylic acids is 2. The molecule has 0 bridgehead atoms. The number of carboxylic acid groups (broad SMARTS) is 2. The van der Waals surface area contributed by atoms with Crippen molar-refractivity contribution in [2.45, 2.75) is 12.8 Å². The second kappa shape index (κ2) is 18.0. The molecule has 0 saturated carbocycles. The molecular formula is C38H36O6. The summed E-state index contributed by atoms with van der Waals surface area (Å²) >= 11 is 0. The Hall–Kier alpha value is -5.62. The molecule has 0 radical (unpaired) electrons. The van der Waals surface area contributed by atoms with Gasteiger partial charge in [0.05, 0.1) is 14.2 Å². The van der Waals surface area contributed by atoms with Crippen LogP contribution in [0.5, 0.6) is 11.5 Å². The Bertz CT molecular complexity index is 1610. The Balaban J connectivity index is 0.000000240. The van der Waals surface area contributed by atoms with Crippen LogP contribution >= 0.6 is 0 Å². The van der Waals surface area contributed by atoms with Crippen molar-refractivity contribution < 1.29 is 29.3 Å². The van der Waals surface area contributed by atoms with Gasteiger partial charge < -0.3 is 19.7 Å². The van der Waals surface area contributed by atoms with Crippen LogP contribution in [-0.4, -0.2) is 36.4 Å². The van der Waals surface area contributed by atoms with Crippen molar-refractivity contribution in [1.29, 1.82) is 0 Å². The maximum atomic E-state index is 10.6. The molecule has 2 N–H and O–H groups in total. The maximum absolute atomic E-state index is 10.6. The van der Waals surface area contributed by atoms with Gasteiger partial charge in [-0.25, -0.2) is 9.59 Å². The van der Waals surface area contributed by atoms with Gasteiger partial charge >= 0.3 is 11.9 Å². The number of carboxylic acids is 2. The minimum atomic E-state index is -0.947. The van der Waals surface area contributed by atoms with Crippen LogP contribution < -0.4 is 9.47 Å². The zero-order chi connectivity index (χ0) is 31.6. The molecule has 4 aromatic rings. The molecule has 224 valence electrons. The van der Waals surface area contributed by atoms with E-state index in [0.29, 0.717) is 0 Å². The van der Waals surface area contributed by atoms with Crippen molar-refractivity contribution in [3.63, 3.8) is 0 Å². The molecule has 0 aliphatic rings. The van der Waals surface area contributed by atoms with E-state index in [9.17, 15) is 9.59 Å². The predicted molar refractivity (Wildman–Crippen MR) is 178 cm³/mol. The summed E-state index contributed by atoms with van der Waals surface area (Å²) in [6, 6.07) is 31.2. The van der Waals surface area contributed by atoms with E-state index in [-0.39, 0.29) is 0 Å². The van der Waals surface area contributed by atoms with E-state index in [1.54, 1.807) is 26.4 Å². The smallest absolute Gasteiger partial charge is 0.328 e. The number of hydrogen-bond acceptors (Lipinski definition) is 4. The number of benzene rings is 4.